The maximum Gasteiger partial charge on any atom is 0.259 e. The Kier molecular flexibility index (Phi) is 4.16. The molecule has 2 aromatic rings. The lowest BCUT2D eigenvalue weighted by Gasteiger charge is -2.11. The van der Waals surface area contributed by atoms with Gasteiger partial charge in [0.2, 0.25) is 0 Å². The fourth-order valence-corrected chi connectivity index (χ4v) is 2.09. The summed E-state index contributed by atoms with van der Waals surface area (Å²) in [7, 11) is 1.77. The molecule has 1 aromatic heterocycles. The molecule has 1 amide bonds. The van der Waals surface area contributed by atoms with E-state index in [9.17, 15) is 4.79 Å². The van der Waals surface area contributed by atoms with Crippen molar-refractivity contribution in [3.8, 4) is 0 Å². The first-order valence-electron chi connectivity index (χ1n) is 5.81. The number of anilines is 2. The molecule has 0 fully saturated rings. The van der Waals surface area contributed by atoms with Crippen molar-refractivity contribution in [1.29, 1.82) is 0 Å². The number of amides is 1. The van der Waals surface area contributed by atoms with E-state index < -0.39 is 0 Å². The van der Waals surface area contributed by atoms with Crippen LogP contribution >= 0.6 is 15.9 Å². The highest BCUT2D eigenvalue weighted by molar-refractivity contribution is 9.10. The van der Waals surface area contributed by atoms with Crippen LogP contribution in [0.3, 0.4) is 0 Å². The Bertz CT molecular complexity index is 613. The molecule has 1 aromatic carbocycles. The average molecular weight is 320 g/mol. The molecule has 19 heavy (non-hydrogen) atoms. The van der Waals surface area contributed by atoms with Crippen LogP contribution in [0.1, 0.15) is 15.9 Å². The second kappa shape index (κ2) is 5.84. The SMILES string of the molecule is CNc1ccncc1C(=O)Nc1cccc(Br)c1C. The van der Waals surface area contributed by atoms with Gasteiger partial charge in [0.25, 0.3) is 5.91 Å². The lowest BCUT2D eigenvalue weighted by Crippen LogP contribution is -2.15. The van der Waals surface area contributed by atoms with Crippen molar-refractivity contribution in [3.63, 3.8) is 0 Å². The molecule has 4 nitrogen and oxygen atoms in total. The smallest absolute Gasteiger partial charge is 0.259 e. The molecule has 98 valence electrons. The number of nitrogens with zero attached hydrogens (tertiary/aromatic N) is 1. The van der Waals surface area contributed by atoms with Gasteiger partial charge in [0.05, 0.1) is 5.56 Å². The number of aromatic nitrogens is 1. The highest BCUT2D eigenvalue weighted by Gasteiger charge is 2.12. The number of rotatable bonds is 3. The van der Waals surface area contributed by atoms with E-state index in [1.807, 2.05) is 25.1 Å². The van der Waals surface area contributed by atoms with Gasteiger partial charge in [-0.2, -0.15) is 0 Å². The predicted octanol–water partition coefficient (Wildman–Crippen LogP) is 3.45. The van der Waals surface area contributed by atoms with Crippen LogP contribution in [0.15, 0.2) is 41.1 Å². The van der Waals surface area contributed by atoms with Crippen LogP contribution < -0.4 is 10.6 Å². The van der Waals surface area contributed by atoms with Crippen molar-refractivity contribution in [3.05, 3.63) is 52.3 Å². The molecular weight excluding hydrogens is 306 g/mol. The molecule has 0 saturated carbocycles. The number of benzene rings is 1. The first-order valence-corrected chi connectivity index (χ1v) is 6.61. The molecule has 0 spiro atoms. The summed E-state index contributed by atoms with van der Waals surface area (Å²) in [5, 5.41) is 5.87. The summed E-state index contributed by atoms with van der Waals surface area (Å²) in [5.74, 6) is -0.182. The van der Waals surface area contributed by atoms with Crippen LogP contribution in [-0.2, 0) is 0 Å². The maximum atomic E-state index is 12.3. The minimum absolute atomic E-state index is 0.182. The molecule has 0 aliphatic rings. The molecule has 0 radical (unpaired) electrons. The number of hydrogen-bond donors (Lipinski definition) is 2. The molecule has 0 atom stereocenters. The Morgan fingerprint density at radius 3 is 2.79 bits per heavy atom. The lowest BCUT2D eigenvalue weighted by molar-refractivity contribution is 0.102. The Labute approximate surface area is 120 Å². The Morgan fingerprint density at radius 2 is 2.05 bits per heavy atom. The summed E-state index contributed by atoms with van der Waals surface area (Å²) >= 11 is 3.44. The van der Waals surface area contributed by atoms with Crippen molar-refractivity contribution >= 4 is 33.2 Å². The first kappa shape index (κ1) is 13.5. The first-order chi connectivity index (χ1) is 9.13. The van der Waals surface area contributed by atoms with Gasteiger partial charge in [0, 0.05) is 35.3 Å². The van der Waals surface area contributed by atoms with E-state index in [0.717, 1.165) is 21.4 Å². The molecule has 0 bridgehead atoms. The number of carbonyl (C=O) groups excluding carboxylic acids is 1. The van der Waals surface area contributed by atoms with Crippen LogP contribution in [-0.4, -0.2) is 17.9 Å². The van der Waals surface area contributed by atoms with Gasteiger partial charge in [0.15, 0.2) is 0 Å². The second-order valence-electron chi connectivity index (χ2n) is 4.04. The van der Waals surface area contributed by atoms with Crippen LogP contribution in [0.2, 0.25) is 0 Å². The van der Waals surface area contributed by atoms with E-state index in [0.29, 0.717) is 5.56 Å². The van der Waals surface area contributed by atoms with Gasteiger partial charge in [0.1, 0.15) is 0 Å². The molecule has 0 aliphatic heterocycles. The zero-order valence-corrected chi connectivity index (χ0v) is 12.3. The number of nitrogens with one attached hydrogen (secondary N) is 2. The fourth-order valence-electron chi connectivity index (χ4n) is 1.73. The van der Waals surface area contributed by atoms with Crippen LogP contribution in [0.4, 0.5) is 11.4 Å². The lowest BCUT2D eigenvalue weighted by atomic mass is 10.1. The van der Waals surface area contributed by atoms with Crippen molar-refractivity contribution in [2.45, 2.75) is 6.92 Å². The molecule has 2 N–H and O–H groups in total. The van der Waals surface area contributed by atoms with E-state index in [1.54, 1.807) is 25.5 Å². The van der Waals surface area contributed by atoms with Gasteiger partial charge in [-0.25, -0.2) is 0 Å². The number of hydrogen-bond acceptors (Lipinski definition) is 3. The molecule has 1 heterocycles. The van der Waals surface area contributed by atoms with E-state index in [-0.39, 0.29) is 5.91 Å². The van der Waals surface area contributed by atoms with Gasteiger partial charge >= 0.3 is 0 Å². The quantitative estimate of drug-likeness (QED) is 0.911. The molecule has 0 saturated heterocycles. The van der Waals surface area contributed by atoms with Gasteiger partial charge < -0.3 is 10.6 Å². The molecular formula is C14H14BrN3O. The van der Waals surface area contributed by atoms with Gasteiger partial charge in [-0.15, -0.1) is 0 Å². The largest absolute Gasteiger partial charge is 0.387 e. The zero-order valence-electron chi connectivity index (χ0n) is 10.7. The van der Waals surface area contributed by atoms with Crippen molar-refractivity contribution in [1.82, 2.24) is 4.98 Å². The van der Waals surface area contributed by atoms with Gasteiger partial charge in [-0.1, -0.05) is 22.0 Å². The summed E-state index contributed by atoms with van der Waals surface area (Å²) in [6.45, 7) is 1.95. The van der Waals surface area contributed by atoms with Gasteiger partial charge in [-0.05, 0) is 30.7 Å². The monoisotopic (exact) mass is 319 g/mol. The standard InChI is InChI=1S/C14H14BrN3O/c1-9-11(15)4-3-5-12(9)18-14(19)10-8-17-7-6-13(10)16-2/h3-8H,1-2H3,(H,16,17)(H,18,19). The van der Waals surface area contributed by atoms with E-state index in [2.05, 4.69) is 31.5 Å². The van der Waals surface area contributed by atoms with E-state index in [4.69, 9.17) is 0 Å². The number of halogens is 1. The summed E-state index contributed by atoms with van der Waals surface area (Å²) in [6, 6.07) is 7.46. The summed E-state index contributed by atoms with van der Waals surface area (Å²) < 4.78 is 0.963. The molecule has 0 unspecified atom stereocenters. The Balaban J connectivity index is 2.28. The van der Waals surface area contributed by atoms with Crippen LogP contribution in [0.5, 0.6) is 0 Å². The minimum atomic E-state index is -0.182. The Morgan fingerprint density at radius 1 is 1.26 bits per heavy atom. The third-order valence-corrected chi connectivity index (χ3v) is 3.71. The van der Waals surface area contributed by atoms with Gasteiger partial charge in [-0.3, -0.25) is 9.78 Å². The Hall–Kier alpha value is -1.88. The van der Waals surface area contributed by atoms with Crippen molar-refractivity contribution in [2.75, 3.05) is 17.7 Å². The number of carbonyl (C=O) groups is 1. The molecule has 2 rings (SSSR count). The fraction of sp³-hybridized carbons (Fsp3) is 0.143. The average Bonchev–Trinajstić information content (AvgIpc) is 2.43. The molecule has 0 aliphatic carbocycles. The summed E-state index contributed by atoms with van der Waals surface area (Å²) in [4.78, 5) is 16.2. The van der Waals surface area contributed by atoms with Crippen molar-refractivity contribution in [2.24, 2.45) is 0 Å². The zero-order chi connectivity index (χ0) is 13.8. The highest BCUT2D eigenvalue weighted by Crippen LogP contribution is 2.24. The highest BCUT2D eigenvalue weighted by atomic mass is 79.9. The summed E-state index contributed by atoms with van der Waals surface area (Å²) in [6.07, 6.45) is 3.20. The predicted molar refractivity (Wildman–Crippen MR) is 80.6 cm³/mol. The van der Waals surface area contributed by atoms with Crippen molar-refractivity contribution < 1.29 is 4.79 Å². The normalized spacial score (nSPS) is 10.1. The third-order valence-electron chi connectivity index (χ3n) is 2.85. The summed E-state index contributed by atoms with van der Waals surface area (Å²) in [5.41, 5.74) is 3.04. The minimum Gasteiger partial charge on any atom is -0.387 e. The van der Waals surface area contributed by atoms with Crippen LogP contribution in [0, 0.1) is 6.92 Å². The number of pyridine rings is 1. The third kappa shape index (κ3) is 2.93. The second-order valence-corrected chi connectivity index (χ2v) is 4.89. The molecule has 5 heteroatoms. The van der Waals surface area contributed by atoms with E-state index in [1.165, 1.54) is 0 Å². The van der Waals surface area contributed by atoms with E-state index >= 15 is 0 Å². The van der Waals surface area contributed by atoms with Crippen LogP contribution in [0.25, 0.3) is 0 Å². The maximum absolute atomic E-state index is 12.3. The topological polar surface area (TPSA) is 54.0 Å².